The Morgan fingerprint density at radius 3 is 1.92 bits per heavy atom. The van der Waals surface area contributed by atoms with Gasteiger partial charge in [0.25, 0.3) is 0 Å². The normalized spacial score (nSPS) is 16.2. The molecule has 5 heterocycles. The Morgan fingerprint density at radius 1 is 0.767 bits per heavy atom. The number of benzene rings is 1. The molecule has 1 aromatic carbocycles. The second kappa shape index (κ2) is 29.8. The van der Waals surface area contributed by atoms with E-state index in [1.165, 1.54) is 0 Å². The van der Waals surface area contributed by atoms with Gasteiger partial charge in [-0.1, -0.05) is 62.6 Å². The van der Waals surface area contributed by atoms with E-state index < -0.39 is 18.1 Å². The van der Waals surface area contributed by atoms with E-state index in [9.17, 15) is 14.7 Å². The molecule has 2 saturated heterocycles. The summed E-state index contributed by atoms with van der Waals surface area (Å²) in [4.78, 5) is 51.3. The summed E-state index contributed by atoms with van der Waals surface area (Å²) in [6.45, 7) is 15.3. The quantitative estimate of drug-likeness (QED) is 0.0326. The zero-order valence-corrected chi connectivity index (χ0v) is 43.7. The number of halogens is 1. The summed E-state index contributed by atoms with van der Waals surface area (Å²) in [5.41, 5.74) is 21.1. The van der Waals surface area contributed by atoms with E-state index in [1.54, 1.807) is 27.7 Å². The van der Waals surface area contributed by atoms with Gasteiger partial charge in [0, 0.05) is 58.9 Å². The molecule has 402 valence electrons. The third-order valence-electron chi connectivity index (χ3n) is 13.0. The minimum Gasteiger partial charge on any atom is -1.00 e. The third-order valence-corrected chi connectivity index (χ3v) is 13.0. The molecule has 8 N–H and O–H groups in total. The first-order valence-electron chi connectivity index (χ1n) is 25.5. The highest BCUT2D eigenvalue weighted by Crippen LogP contribution is 2.28. The number of nitrogens with two attached hydrogens (primary N) is 3. The molecule has 0 aliphatic carbocycles. The molecule has 0 bridgehead atoms. The van der Waals surface area contributed by atoms with Crippen LogP contribution in [0, 0.1) is 24.2 Å². The highest BCUT2D eigenvalue weighted by atomic mass is 35.5. The van der Waals surface area contributed by atoms with Crippen LogP contribution in [0.15, 0.2) is 36.7 Å². The number of unbranched alkanes of at least 4 members (excludes halogenated alkanes) is 1. The maximum atomic E-state index is 14.4. The number of phenols is 1. The second-order valence-electron chi connectivity index (χ2n) is 18.9. The molecule has 6 rings (SSSR count). The smallest absolute Gasteiger partial charge is 0.247 e. The summed E-state index contributed by atoms with van der Waals surface area (Å²) in [7, 11) is 0. The Kier molecular flexibility index (Phi) is 23.8. The number of hydrogen-bond donors (Lipinski definition) is 5. The number of ether oxygens (including phenoxy) is 3. The van der Waals surface area contributed by atoms with E-state index in [0.717, 1.165) is 31.2 Å². The predicted octanol–water partition coefficient (Wildman–Crippen LogP) is -0.898. The lowest BCUT2D eigenvalue weighted by atomic mass is 9.97. The van der Waals surface area contributed by atoms with Gasteiger partial charge in [0.05, 0.1) is 68.9 Å². The Morgan fingerprint density at radius 2 is 1.33 bits per heavy atom. The number of aromatic nitrogens is 9. The fraction of sp³-hybridized carbons (Fsp3) is 0.653. The summed E-state index contributed by atoms with van der Waals surface area (Å²) in [5, 5.41) is 30.6. The number of anilines is 3. The lowest BCUT2D eigenvalue weighted by Crippen LogP contribution is -3.00. The highest BCUT2D eigenvalue weighted by molar-refractivity contribution is 5.81. The van der Waals surface area contributed by atoms with Crippen LogP contribution >= 0.6 is 0 Å². The van der Waals surface area contributed by atoms with Crippen molar-refractivity contribution in [2.45, 2.75) is 90.4 Å². The molecule has 0 spiro atoms. The average Bonchev–Trinajstić information content (AvgIpc) is 4.09. The number of amides is 2. The van der Waals surface area contributed by atoms with Crippen LogP contribution in [0.1, 0.15) is 101 Å². The van der Waals surface area contributed by atoms with Gasteiger partial charge in [0.1, 0.15) is 24.4 Å². The summed E-state index contributed by atoms with van der Waals surface area (Å²) >= 11 is 0. The van der Waals surface area contributed by atoms with E-state index in [1.807, 2.05) is 35.1 Å². The number of aromatic hydroxyl groups is 1. The van der Waals surface area contributed by atoms with E-state index in [-0.39, 0.29) is 48.5 Å². The van der Waals surface area contributed by atoms with Crippen molar-refractivity contribution in [3.8, 4) is 18.1 Å². The highest BCUT2D eigenvalue weighted by Gasteiger charge is 2.35. The third kappa shape index (κ3) is 17.2. The van der Waals surface area contributed by atoms with Gasteiger partial charge in [-0.2, -0.15) is 15.0 Å². The molecule has 4 aromatic rings. The molecule has 24 heteroatoms. The number of carbonyl (C=O) groups is 2. The number of hydrogen-bond acceptors (Lipinski definition) is 19. The Balaban J connectivity index is 0.00000988. The minimum atomic E-state index is -0.571. The number of nitrogens with one attached hydrogen (secondary N) is 1. The molecule has 2 aliphatic rings. The molecule has 0 saturated carbocycles. The van der Waals surface area contributed by atoms with Crippen LogP contribution in [0.5, 0.6) is 5.75 Å². The van der Waals surface area contributed by atoms with Crippen molar-refractivity contribution in [1.82, 2.24) is 54.7 Å². The predicted molar refractivity (Wildman–Crippen MR) is 273 cm³/mol. The van der Waals surface area contributed by atoms with Gasteiger partial charge in [-0.25, -0.2) is 9.36 Å². The van der Waals surface area contributed by atoms with Gasteiger partial charge in [0.15, 0.2) is 0 Å². The van der Waals surface area contributed by atoms with Gasteiger partial charge >= 0.3 is 0 Å². The Labute approximate surface area is 435 Å². The first-order valence-corrected chi connectivity index (χ1v) is 25.5. The van der Waals surface area contributed by atoms with Crippen LogP contribution in [0.4, 0.5) is 17.8 Å². The maximum Gasteiger partial charge on any atom is 0.247 e. The lowest BCUT2D eigenvalue weighted by molar-refractivity contribution is -0.137. The monoisotopic (exact) mass is 1030 g/mol. The van der Waals surface area contributed by atoms with E-state index in [0.29, 0.717) is 146 Å². The van der Waals surface area contributed by atoms with Crippen LogP contribution in [-0.4, -0.2) is 177 Å². The van der Waals surface area contributed by atoms with Gasteiger partial charge < -0.3 is 73.8 Å². The number of carbonyl (C=O) groups excluding carboxylic acids is 2. The zero-order chi connectivity index (χ0) is 51.4. The number of phenolic OH excluding ortho intramolecular Hbond substituents is 1. The van der Waals surface area contributed by atoms with Crippen LogP contribution in [0.25, 0.3) is 0 Å². The molecule has 2 aliphatic heterocycles. The van der Waals surface area contributed by atoms with Crippen molar-refractivity contribution >= 4 is 29.7 Å². The first-order chi connectivity index (χ1) is 34.9. The standard InChI is InChI=1S/C49H77N17O6.ClH/c1-6-25-70-27-29-72-30-28-71-26-16-53-47-54-48(63-21-17-61(18-22-63)45(68)43(10-8-9-15-50)65-33-41(57-59-65)39(51)31-35(3)4)56-49(55-47)64-23-19-62(20-24-64)46(69)44(36(5)7-2)66-34-42(58-60-66)40(52)32-37-11-13-38(67)14-12-37;/h1,11-14,33-36,39-40,43-44,67H,7-10,15-32,50-52H2,2-5H3,(H,53,54,55,56);1H/p-1. The number of terminal acetylenes is 1. The van der Waals surface area contributed by atoms with Crippen molar-refractivity contribution in [1.29, 1.82) is 0 Å². The summed E-state index contributed by atoms with van der Waals surface area (Å²) in [5.74, 6) is 4.26. The fourth-order valence-electron chi connectivity index (χ4n) is 8.69. The molecule has 3 aromatic heterocycles. The van der Waals surface area contributed by atoms with Gasteiger partial charge in [-0.3, -0.25) is 9.59 Å². The molecule has 5 atom stereocenters. The number of nitrogens with zero attached hydrogens (tertiary/aromatic N) is 13. The van der Waals surface area contributed by atoms with Gasteiger partial charge in [0.2, 0.25) is 29.7 Å². The topological polar surface area (TPSA) is 285 Å². The molecular weight excluding hydrogens is 958 g/mol. The van der Waals surface area contributed by atoms with Crippen molar-refractivity contribution in [3.63, 3.8) is 0 Å². The SMILES string of the molecule is C#CCOCCOCCOCCNc1nc(N2CCN(C(=O)C(CCCCN)n3cc(C(N)CC(C)C)nn3)CC2)nc(N2CCN(C(=O)C(C(C)CC)n3cc(C(N)Cc4ccc(O)cc4)nn3)CC2)n1.[Cl-]. The van der Waals surface area contributed by atoms with Crippen molar-refractivity contribution < 1.29 is 41.3 Å². The van der Waals surface area contributed by atoms with Crippen molar-refractivity contribution in [2.75, 3.05) is 120 Å². The second-order valence-corrected chi connectivity index (χ2v) is 18.9. The van der Waals surface area contributed by atoms with Crippen LogP contribution in [0.3, 0.4) is 0 Å². The summed E-state index contributed by atoms with van der Waals surface area (Å²) in [6.07, 6.45) is 13.0. The molecule has 23 nitrogen and oxygen atoms in total. The minimum absolute atomic E-state index is 0. The van der Waals surface area contributed by atoms with E-state index in [4.69, 9.17) is 52.8 Å². The molecule has 0 radical (unpaired) electrons. The van der Waals surface area contributed by atoms with E-state index >= 15 is 0 Å². The van der Waals surface area contributed by atoms with Crippen LogP contribution < -0.4 is 44.7 Å². The molecule has 2 amide bonds. The zero-order valence-electron chi connectivity index (χ0n) is 43.0. The summed E-state index contributed by atoms with van der Waals surface area (Å²) in [6, 6.07) is 5.10. The van der Waals surface area contributed by atoms with Crippen LogP contribution in [-0.2, 0) is 30.2 Å². The van der Waals surface area contributed by atoms with E-state index in [2.05, 4.69) is 62.4 Å². The maximum absolute atomic E-state index is 14.4. The Hall–Kier alpha value is -5.74. The summed E-state index contributed by atoms with van der Waals surface area (Å²) < 4.78 is 19.9. The molecular formula is C49H77ClN17O6-. The Bertz CT molecular complexity index is 2300. The first kappa shape index (κ1) is 58.2. The van der Waals surface area contributed by atoms with Crippen molar-refractivity contribution in [2.24, 2.45) is 29.0 Å². The largest absolute Gasteiger partial charge is 1.00 e. The average molecular weight is 1040 g/mol. The lowest BCUT2D eigenvalue weighted by Gasteiger charge is -2.38. The van der Waals surface area contributed by atoms with Crippen LogP contribution in [0.2, 0.25) is 0 Å². The number of rotatable bonds is 29. The van der Waals surface area contributed by atoms with Crippen molar-refractivity contribution in [3.05, 3.63) is 53.6 Å². The van der Waals surface area contributed by atoms with Gasteiger partial charge in [-0.15, -0.1) is 16.6 Å². The number of piperazine rings is 2. The fourth-order valence-corrected chi connectivity index (χ4v) is 8.69. The van der Waals surface area contributed by atoms with Gasteiger partial charge in [-0.05, 0) is 68.2 Å². The molecule has 2 fully saturated rings. The molecule has 5 unspecified atom stereocenters. The molecule has 73 heavy (non-hydrogen) atoms.